The fraction of sp³-hybridized carbons (Fsp3) is 1.00. The molecule has 0 aromatic carbocycles. The molecule has 0 aliphatic rings. The largest absolute Gasteiger partial charge is 0.325 e. The molecule has 0 bridgehead atoms. The van der Waals surface area contributed by atoms with E-state index in [4.69, 9.17) is 0 Å². The van der Waals surface area contributed by atoms with Crippen molar-refractivity contribution in [2.75, 3.05) is 13.1 Å². The number of hydrogen-bond acceptors (Lipinski definition) is 3. The van der Waals surface area contributed by atoms with Gasteiger partial charge < -0.3 is 14.2 Å². The standard InChI is InChI=1S/C21H51N3Si2/c1-15-22-25(18(5)6,20(9,10)11)24(17(3)4)26(19(7)8,23-16-2)21(12,13)14/h17-19,22-23H,15-16H2,1-14H3. The monoisotopic (exact) mass is 401 g/mol. The van der Waals surface area contributed by atoms with Crippen LogP contribution in [0.2, 0.25) is 21.2 Å². The fourth-order valence-corrected chi connectivity index (χ4v) is 23.0. The zero-order valence-electron chi connectivity index (χ0n) is 20.6. The molecule has 2 atom stereocenters. The summed E-state index contributed by atoms with van der Waals surface area (Å²) in [6, 6.07) is 0.523. The van der Waals surface area contributed by atoms with E-state index in [1.807, 2.05) is 0 Å². The lowest BCUT2D eigenvalue weighted by molar-refractivity contribution is 0.388. The molecule has 0 radical (unpaired) electrons. The first-order valence-corrected chi connectivity index (χ1v) is 14.9. The molecule has 158 valence electrons. The second kappa shape index (κ2) is 9.21. The van der Waals surface area contributed by atoms with Gasteiger partial charge in [-0.05, 0) is 40.3 Å². The molecule has 0 aliphatic heterocycles. The van der Waals surface area contributed by atoms with Crippen LogP contribution in [0, 0.1) is 0 Å². The van der Waals surface area contributed by atoms with Gasteiger partial charge in [-0.15, -0.1) is 0 Å². The molecule has 0 saturated heterocycles. The van der Waals surface area contributed by atoms with Crippen molar-refractivity contribution in [1.82, 2.24) is 14.2 Å². The van der Waals surface area contributed by atoms with E-state index in [0.717, 1.165) is 13.1 Å². The second-order valence-corrected chi connectivity index (χ2v) is 21.4. The highest BCUT2D eigenvalue weighted by Crippen LogP contribution is 2.53. The lowest BCUT2D eigenvalue weighted by atomic mass is 10.2. The topological polar surface area (TPSA) is 27.3 Å². The highest BCUT2D eigenvalue weighted by Gasteiger charge is 2.63. The molecule has 26 heavy (non-hydrogen) atoms. The maximum absolute atomic E-state index is 4.17. The minimum Gasteiger partial charge on any atom is -0.325 e. The van der Waals surface area contributed by atoms with E-state index < -0.39 is 16.8 Å². The first-order chi connectivity index (χ1) is 11.6. The van der Waals surface area contributed by atoms with Gasteiger partial charge in [0, 0.05) is 0 Å². The number of hydrogen-bond donors (Lipinski definition) is 2. The van der Waals surface area contributed by atoms with Crippen LogP contribution in [0.3, 0.4) is 0 Å². The van der Waals surface area contributed by atoms with Gasteiger partial charge in [0.15, 0.2) is 0 Å². The van der Waals surface area contributed by atoms with Crippen molar-refractivity contribution in [2.24, 2.45) is 0 Å². The highest BCUT2D eigenvalue weighted by atomic mass is 28.4. The summed E-state index contributed by atoms with van der Waals surface area (Å²) < 4.78 is 3.09. The Bertz CT molecular complexity index is 388. The molecule has 0 aromatic heterocycles. The van der Waals surface area contributed by atoms with Crippen molar-refractivity contribution in [3.05, 3.63) is 0 Å². The predicted molar refractivity (Wildman–Crippen MR) is 125 cm³/mol. The summed E-state index contributed by atoms with van der Waals surface area (Å²) >= 11 is 0. The molecule has 0 heterocycles. The Morgan fingerprint density at radius 3 is 1.04 bits per heavy atom. The molecular weight excluding hydrogens is 350 g/mol. The third-order valence-corrected chi connectivity index (χ3v) is 20.5. The van der Waals surface area contributed by atoms with E-state index in [1.165, 1.54) is 0 Å². The van der Waals surface area contributed by atoms with Crippen LogP contribution in [0.15, 0.2) is 0 Å². The molecule has 2 N–H and O–H groups in total. The van der Waals surface area contributed by atoms with Gasteiger partial charge in [-0.25, -0.2) is 0 Å². The van der Waals surface area contributed by atoms with E-state index in [2.05, 4.69) is 111 Å². The number of rotatable bonds is 9. The summed E-state index contributed by atoms with van der Waals surface area (Å²) in [5.74, 6) is 0. The lowest BCUT2D eigenvalue weighted by Crippen LogP contribution is -2.85. The van der Waals surface area contributed by atoms with E-state index >= 15 is 0 Å². The Labute approximate surface area is 168 Å². The fourth-order valence-electron chi connectivity index (χ4n) is 5.75. The Balaban J connectivity index is 7.12. The average Bonchev–Trinajstić information content (AvgIpc) is 2.41. The van der Waals surface area contributed by atoms with Crippen LogP contribution in [0.25, 0.3) is 0 Å². The van der Waals surface area contributed by atoms with Gasteiger partial charge in [-0.2, -0.15) is 0 Å². The number of nitrogens with one attached hydrogen (secondary N) is 2. The smallest absolute Gasteiger partial charge is 0.206 e. The molecule has 2 unspecified atom stereocenters. The van der Waals surface area contributed by atoms with Crippen molar-refractivity contribution in [3.63, 3.8) is 0 Å². The summed E-state index contributed by atoms with van der Waals surface area (Å²) in [5.41, 5.74) is 1.27. The van der Waals surface area contributed by atoms with Crippen molar-refractivity contribution >= 4 is 16.8 Å². The first-order valence-electron chi connectivity index (χ1n) is 10.9. The van der Waals surface area contributed by atoms with Crippen LogP contribution < -0.4 is 9.96 Å². The Hall–Kier alpha value is 0.314. The maximum atomic E-state index is 4.17. The lowest BCUT2D eigenvalue weighted by Gasteiger charge is -2.65. The van der Waals surface area contributed by atoms with Crippen molar-refractivity contribution < 1.29 is 0 Å². The van der Waals surface area contributed by atoms with Crippen LogP contribution in [0.4, 0.5) is 0 Å². The summed E-state index contributed by atoms with van der Waals surface area (Å²) in [5, 5.41) is 0.491. The van der Waals surface area contributed by atoms with Gasteiger partial charge >= 0.3 is 0 Å². The third-order valence-electron chi connectivity index (χ3n) is 6.13. The van der Waals surface area contributed by atoms with Crippen LogP contribution in [0.1, 0.15) is 96.9 Å². The van der Waals surface area contributed by atoms with Crippen LogP contribution >= 0.6 is 0 Å². The van der Waals surface area contributed by atoms with Gasteiger partial charge in [0.1, 0.15) is 0 Å². The van der Waals surface area contributed by atoms with Gasteiger partial charge in [0.05, 0.1) is 0 Å². The van der Waals surface area contributed by atoms with Crippen LogP contribution in [0.5, 0.6) is 0 Å². The molecule has 0 aliphatic carbocycles. The van der Waals surface area contributed by atoms with Gasteiger partial charge in [0.2, 0.25) is 16.8 Å². The third kappa shape index (κ3) is 4.48. The normalized spacial score (nSPS) is 18.7. The summed E-state index contributed by atoms with van der Waals surface area (Å²) in [4.78, 5) is 8.33. The molecule has 3 nitrogen and oxygen atoms in total. The van der Waals surface area contributed by atoms with E-state index in [-0.39, 0.29) is 10.1 Å². The molecule has 0 fully saturated rings. The van der Waals surface area contributed by atoms with Crippen molar-refractivity contribution in [2.45, 2.75) is 124 Å². The molecule has 0 spiro atoms. The number of nitrogens with zero attached hydrogens (tertiary/aromatic N) is 1. The Kier molecular flexibility index (Phi) is 9.32. The van der Waals surface area contributed by atoms with Crippen molar-refractivity contribution in [1.29, 1.82) is 0 Å². The molecule has 0 rings (SSSR count). The van der Waals surface area contributed by atoms with E-state index in [0.29, 0.717) is 17.1 Å². The Morgan fingerprint density at radius 2 is 0.923 bits per heavy atom. The minimum absolute atomic E-state index is 0.245. The molecule has 0 aromatic rings. The quantitative estimate of drug-likeness (QED) is 0.449. The molecule has 5 heteroatoms. The average molecular weight is 402 g/mol. The zero-order chi connectivity index (χ0) is 21.1. The SMILES string of the molecule is CCN[Si](C(C)C)(N(C(C)C)[Si](NCC)(C(C)C)C(C)(C)C)C(C)(C)C. The second-order valence-electron chi connectivity index (χ2n) is 10.9. The van der Waals surface area contributed by atoms with Crippen molar-refractivity contribution in [3.8, 4) is 0 Å². The van der Waals surface area contributed by atoms with E-state index in [1.54, 1.807) is 0 Å². The van der Waals surface area contributed by atoms with Gasteiger partial charge in [0.25, 0.3) is 0 Å². The predicted octanol–water partition coefficient (Wildman–Crippen LogP) is 6.22. The van der Waals surface area contributed by atoms with Crippen LogP contribution in [-0.4, -0.2) is 40.2 Å². The van der Waals surface area contributed by atoms with Crippen LogP contribution in [-0.2, 0) is 0 Å². The first kappa shape index (κ1) is 26.3. The molecular formula is C21H51N3Si2. The van der Waals surface area contributed by atoms with Gasteiger partial charge in [-0.3, -0.25) is 0 Å². The van der Waals surface area contributed by atoms with Gasteiger partial charge in [-0.1, -0.05) is 96.9 Å². The molecule has 0 amide bonds. The zero-order valence-corrected chi connectivity index (χ0v) is 22.6. The Morgan fingerprint density at radius 1 is 0.654 bits per heavy atom. The minimum atomic E-state index is -2.03. The summed E-state index contributed by atoms with van der Waals surface area (Å²) in [6.07, 6.45) is 0. The molecule has 0 saturated carbocycles. The maximum Gasteiger partial charge on any atom is 0.206 e. The summed E-state index contributed by atoms with van der Waals surface area (Å²) in [7, 11) is -4.06. The summed E-state index contributed by atoms with van der Waals surface area (Å²) in [6.45, 7) is 36.2. The highest BCUT2D eigenvalue weighted by molar-refractivity contribution is 6.94. The van der Waals surface area contributed by atoms with E-state index in [9.17, 15) is 0 Å².